The van der Waals surface area contributed by atoms with Gasteiger partial charge in [0.2, 0.25) is 0 Å². The maximum atomic E-state index is 13.0. The van der Waals surface area contributed by atoms with Gasteiger partial charge in [-0.25, -0.2) is 9.97 Å². The average Bonchev–Trinajstić information content (AvgIpc) is 2.82. The van der Waals surface area contributed by atoms with E-state index in [1.54, 1.807) is 11.8 Å². The van der Waals surface area contributed by atoms with Crippen molar-refractivity contribution in [3.05, 3.63) is 46.6 Å². The van der Waals surface area contributed by atoms with Crippen molar-refractivity contribution < 1.29 is 4.79 Å². The van der Waals surface area contributed by atoms with Gasteiger partial charge in [-0.2, -0.15) is 0 Å². The number of hydrogen-bond donors (Lipinski definition) is 0. The topological polar surface area (TPSA) is 52.6 Å². The highest BCUT2D eigenvalue weighted by Crippen LogP contribution is 2.27. The predicted molar refractivity (Wildman–Crippen MR) is 132 cm³/mol. The molecule has 2 aliphatic rings. The van der Waals surface area contributed by atoms with Crippen LogP contribution in [0.5, 0.6) is 0 Å². The highest BCUT2D eigenvalue weighted by Gasteiger charge is 2.22. The van der Waals surface area contributed by atoms with Crippen LogP contribution in [-0.4, -0.2) is 71.5 Å². The number of anilines is 1. The van der Waals surface area contributed by atoms with Crippen molar-refractivity contribution in [2.45, 2.75) is 37.6 Å². The first-order valence-electron chi connectivity index (χ1n) is 11.5. The summed E-state index contributed by atoms with van der Waals surface area (Å²) in [4.78, 5) is 28.8. The molecule has 172 valence electrons. The molecule has 0 saturated carbocycles. The molecule has 6 nitrogen and oxygen atoms in total. The molecule has 1 amide bonds. The van der Waals surface area contributed by atoms with Gasteiger partial charge in [0.05, 0.1) is 0 Å². The van der Waals surface area contributed by atoms with Gasteiger partial charge in [0.1, 0.15) is 11.0 Å². The monoisotopic (exact) mass is 473 g/mol. The average molecular weight is 474 g/mol. The molecule has 0 bridgehead atoms. The van der Waals surface area contributed by atoms with E-state index in [0.717, 1.165) is 68.7 Å². The van der Waals surface area contributed by atoms with E-state index in [2.05, 4.69) is 34.7 Å². The lowest BCUT2D eigenvalue weighted by atomic mass is 9.99. The number of carbonyl (C=O) groups excluding carboxylic acids is 1. The number of hydrogen-bond acceptors (Lipinski definition) is 6. The van der Waals surface area contributed by atoms with Gasteiger partial charge < -0.3 is 14.7 Å². The number of carbonyl (C=O) groups is 1. The Morgan fingerprint density at radius 1 is 1.09 bits per heavy atom. The van der Waals surface area contributed by atoms with Crippen molar-refractivity contribution in [2.24, 2.45) is 5.92 Å². The number of benzene rings is 1. The molecule has 0 spiro atoms. The van der Waals surface area contributed by atoms with Crippen molar-refractivity contribution in [1.82, 2.24) is 19.8 Å². The van der Waals surface area contributed by atoms with Gasteiger partial charge in [-0.05, 0) is 43.0 Å². The molecule has 0 unspecified atom stereocenters. The Morgan fingerprint density at radius 2 is 1.84 bits per heavy atom. The molecule has 0 aliphatic carbocycles. The van der Waals surface area contributed by atoms with E-state index >= 15 is 0 Å². The van der Waals surface area contributed by atoms with E-state index in [0.29, 0.717) is 16.1 Å². The Bertz CT molecular complexity index is 926. The second-order valence-corrected chi connectivity index (χ2v) is 10.0. The molecule has 1 aromatic carbocycles. The smallest absolute Gasteiger partial charge is 0.253 e. The zero-order valence-electron chi connectivity index (χ0n) is 19.0. The lowest BCUT2D eigenvalue weighted by molar-refractivity contribution is 0.0643. The van der Waals surface area contributed by atoms with E-state index < -0.39 is 0 Å². The van der Waals surface area contributed by atoms with Gasteiger partial charge in [-0.15, -0.1) is 0 Å². The van der Waals surface area contributed by atoms with E-state index in [4.69, 9.17) is 16.6 Å². The van der Waals surface area contributed by atoms with E-state index in [1.807, 2.05) is 29.2 Å². The molecule has 2 aromatic rings. The van der Waals surface area contributed by atoms with Gasteiger partial charge >= 0.3 is 0 Å². The van der Waals surface area contributed by atoms with Gasteiger partial charge in [-0.1, -0.05) is 49.3 Å². The van der Waals surface area contributed by atoms with Gasteiger partial charge in [-0.3, -0.25) is 4.79 Å². The first-order chi connectivity index (χ1) is 15.5. The van der Waals surface area contributed by atoms with Crippen molar-refractivity contribution >= 4 is 35.1 Å². The third kappa shape index (κ3) is 5.94. The molecular weight excluding hydrogens is 442 g/mol. The second kappa shape index (κ2) is 10.9. The summed E-state index contributed by atoms with van der Waals surface area (Å²) in [5, 5.41) is 1.16. The lowest BCUT2D eigenvalue weighted by Gasteiger charge is -2.34. The molecule has 3 heterocycles. The number of amides is 1. The zero-order valence-corrected chi connectivity index (χ0v) is 20.5. The molecule has 2 aliphatic heterocycles. The van der Waals surface area contributed by atoms with E-state index in [-0.39, 0.29) is 5.91 Å². The minimum atomic E-state index is 0.119. The third-order valence-electron chi connectivity index (χ3n) is 6.42. The van der Waals surface area contributed by atoms with Crippen LogP contribution in [0.1, 0.15) is 42.6 Å². The lowest BCUT2D eigenvalue weighted by Crippen LogP contribution is -2.48. The van der Waals surface area contributed by atoms with Crippen molar-refractivity contribution in [3.63, 3.8) is 0 Å². The Morgan fingerprint density at radius 3 is 2.56 bits per heavy atom. The fourth-order valence-electron chi connectivity index (χ4n) is 4.24. The van der Waals surface area contributed by atoms with Gasteiger partial charge in [0, 0.05) is 56.7 Å². The molecule has 0 radical (unpaired) electrons. The van der Waals surface area contributed by atoms with Crippen molar-refractivity contribution in [2.75, 3.05) is 50.7 Å². The van der Waals surface area contributed by atoms with Crippen LogP contribution < -0.4 is 4.90 Å². The Labute approximate surface area is 200 Å². The van der Waals surface area contributed by atoms with Crippen LogP contribution in [0.25, 0.3) is 0 Å². The number of nitrogens with zero attached hydrogens (tertiary/aromatic N) is 5. The summed E-state index contributed by atoms with van der Waals surface area (Å²) in [6.45, 7) is 11.0. The van der Waals surface area contributed by atoms with Crippen molar-refractivity contribution in [1.29, 1.82) is 0 Å². The van der Waals surface area contributed by atoms with Crippen molar-refractivity contribution in [3.8, 4) is 0 Å². The summed E-state index contributed by atoms with van der Waals surface area (Å²) in [6.07, 6.45) is 2.36. The number of piperidine rings is 1. The number of thioether (sulfide) groups is 1. The largest absolute Gasteiger partial charge is 0.356 e. The number of likely N-dealkylation sites (N-methyl/N-ethyl adjacent to an activating group) is 1. The summed E-state index contributed by atoms with van der Waals surface area (Å²) >= 11 is 7.87. The molecule has 0 atom stereocenters. The first-order valence-corrected chi connectivity index (χ1v) is 12.9. The number of aromatic nitrogens is 2. The fraction of sp³-hybridized carbons (Fsp3) is 0.542. The van der Waals surface area contributed by atoms with E-state index in [1.165, 1.54) is 12.8 Å². The molecule has 4 rings (SSSR count). The molecule has 2 fully saturated rings. The summed E-state index contributed by atoms with van der Waals surface area (Å²) in [5.41, 5.74) is 1.84. The van der Waals surface area contributed by atoms with E-state index in [9.17, 15) is 4.79 Å². The second-order valence-electron chi connectivity index (χ2n) is 8.72. The molecule has 0 N–H and O–H groups in total. The summed E-state index contributed by atoms with van der Waals surface area (Å²) in [5.74, 6) is 2.49. The zero-order chi connectivity index (χ0) is 22.5. The summed E-state index contributed by atoms with van der Waals surface area (Å²) in [7, 11) is 0. The van der Waals surface area contributed by atoms with Crippen LogP contribution in [-0.2, 0) is 5.75 Å². The quantitative estimate of drug-likeness (QED) is 0.351. The first kappa shape index (κ1) is 23.3. The molecule has 32 heavy (non-hydrogen) atoms. The molecule has 2 saturated heterocycles. The minimum absolute atomic E-state index is 0.119. The van der Waals surface area contributed by atoms with Crippen LogP contribution >= 0.6 is 23.4 Å². The predicted octanol–water partition coefficient (Wildman–Crippen LogP) is 4.44. The van der Waals surface area contributed by atoms with Gasteiger partial charge in [0.25, 0.3) is 5.91 Å². The Balaban J connectivity index is 1.38. The van der Waals surface area contributed by atoms with Crippen LogP contribution in [0.3, 0.4) is 0 Å². The highest BCUT2D eigenvalue weighted by molar-refractivity contribution is 7.98. The van der Waals surface area contributed by atoms with Gasteiger partial charge in [0.15, 0.2) is 5.16 Å². The SMILES string of the molecule is CCN1CCN(C(=O)c2cccc(CSc3nc(Cl)cc(N4CCC(C)CC4)n3)c2)CC1. The molecule has 1 aromatic heterocycles. The Kier molecular flexibility index (Phi) is 7.92. The van der Waals surface area contributed by atoms with Crippen LogP contribution in [0.4, 0.5) is 5.82 Å². The normalized spacial score (nSPS) is 18.2. The maximum absolute atomic E-state index is 13.0. The number of rotatable bonds is 6. The Hall–Kier alpha value is -1.83. The number of piperazine rings is 1. The summed E-state index contributed by atoms with van der Waals surface area (Å²) < 4.78 is 0. The highest BCUT2D eigenvalue weighted by atomic mass is 35.5. The standard InChI is InChI=1S/C24H32ClN5OS/c1-3-28-11-13-30(14-12-28)23(31)20-6-4-5-19(15-20)17-32-24-26-21(25)16-22(27-24)29-9-7-18(2)8-10-29/h4-6,15-16,18H,3,7-14,17H2,1-2H3. The minimum Gasteiger partial charge on any atom is -0.356 e. The fourth-order valence-corrected chi connectivity index (χ4v) is 5.27. The molecule has 8 heteroatoms. The number of halogens is 1. The van der Waals surface area contributed by atoms with Crippen LogP contribution in [0.15, 0.2) is 35.5 Å². The summed E-state index contributed by atoms with van der Waals surface area (Å²) in [6, 6.07) is 9.78. The molecular formula is C24H32ClN5OS. The third-order valence-corrected chi connectivity index (χ3v) is 7.53. The van der Waals surface area contributed by atoms with Crippen LogP contribution in [0, 0.1) is 5.92 Å². The van der Waals surface area contributed by atoms with Crippen LogP contribution in [0.2, 0.25) is 5.15 Å². The maximum Gasteiger partial charge on any atom is 0.253 e.